The predicted molar refractivity (Wildman–Crippen MR) is 125 cm³/mol. The van der Waals surface area contributed by atoms with Crippen LogP contribution in [-0.4, -0.2) is 32.4 Å². The molecule has 0 N–H and O–H groups in total. The molecule has 6 nitrogen and oxygen atoms in total. The molecule has 3 rings (SSSR count). The molecule has 1 unspecified atom stereocenters. The molecule has 1 atom stereocenters. The lowest BCUT2D eigenvalue weighted by Gasteiger charge is -2.21. The van der Waals surface area contributed by atoms with Crippen LogP contribution < -0.4 is 19.5 Å². The number of carbonyl (C=O) groups is 2. The van der Waals surface area contributed by atoms with Crippen LogP contribution in [0.3, 0.4) is 0 Å². The highest BCUT2D eigenvalue weighted by Gasteiger charge is 2.46. The molecule has 0 saturated heterocycles. The smallest absolute Gasteiger partial charge is 0.249 e. The first kappa shape index (κ1) is 23.9. The molecule has 0 heterocycles. The summed E-state index contributed by atoms with van der Waals surface area (Å²) < 4.78 is 30.5. The van der Waals surface area contributed by atoms with E-state index in [4.69, 9.17) is 37.4 Å². The van der Waals surface area contributed by atoms with Crippen molar-refractivity contribution in [3.05, 3.63) is 81.8 Å². The number of rotatable bonds is 8. The molecule has 3 aromatic carbocycles. The number of methoxy groups -OCH3 is 3. The van der Waals surface area contributed by atoms with Crippen LogP contribution >= 0.6 is 30.3 Å². The molecule has 0 saturated carbocycles. The zero-order valence-electron chi connectivity index (χ0n) is 17.4. The van der Waals surface area contributed by atoms with E-state index in [1.165, 1.54) is 57.7 Å². The summed E-state index contributed by atoms with van der Waals surface area (Å²) in [6, 6.07) is 15.2. The Balaban J connectivity index is 2.36. The normalized spacial score (nSPS) is 12.5. The maximum absolute atomic E-state index is 14.5. The van der Waals surface area contributed by atoms with Gasteiger partial charge in [0.15, 0.2) is 11.5 Å². The molecule has 0 fully saturated rings. The summed E-state index contributed by atoms with van der Waals surface area (Å²) in [6.45, 7) is 0. The van der Waals surface area contributed by atoms with E-state index >= 15 is 0 Å². The standard InChI is InChI=1S/C23H19Cl2O6P/c1-29-17-12-13-18(30-2)21(31-3)20(17)23(27)32(28,14-8-5-4-6-9-14)22(26)19-15(24)10-7-11-16(19)25/h4-13H,1-3H3. The number of halogens is 2. The van der Waals surface area contributed by atoms with E-state index in [2.05, 4.69) is 0 Å². The lowest BCUT2D eigenvalue weighted by atomic mass is 10.1. The minimum atomic E-state index is -4.52. The van der Waals surface area contributed by atoms with E-state index < -0.39 is 18.2 Å². The number of hydrogen-bond acceptors (Lipinski definition) is 6. The molecule has 3 aromatic rings. The van der Waals surface area contributed by atoms with E-state index in [1.54, 1.807) is 24.3 Å². The average molecular weight is 493 g/mol. The van der Waals surface area contributed by atoms with Crippen LogP contribution in [0.5, 0.6) is 17.2 Å². The van der Waals surface area contributed by atoms with Gasteiger partial charge in [0.25, 0.3) is 0 Å². The summed E-state index contributed by atoms with van der Waals surface area (Å²) in [5.41, 5.74) is -2.36. The van der Waals surface area contributed by atoms with Crippen molar-refractivity contribution >= 4 is 46.7 Å². The minimum Gasteiger partial charge on any atom is -0.496 e. The average Bonchev–Trinajstić information content (AvgIpc) is 2.82. The summed E-state index contributed by atoms with van der Waals surface area (Å²) in [5, 5.41) is -0.00929. The Hall–Kier alpha value is -2.79. The second-order valence-corrected chi connectivity index (χ2v) is 9.89. The molecule has 0 bridgehead atoms. The topological polar surface area (TPSA) is 78.9 Å². The number of ether oxygens (including phenoxy) is 3. The summed E-state index contributed by atoms with van der Waals surface area (Å²) in [5.74, 6) is 0.271. The van der Waals surface area contributed by atoms with E-state index in [-0.39, 0.29) is 43.7 Å². The molecule has 9 heteroatoms. The Labute approximate surface area is 195 Å². The highest BCUT2D eigenvalue weighted by Crippen LogP contribution is 2.56. The molecule has 0 spiro atoms. The second-order valence-electron chi connectivity index (χ2n) is 6.53. The molecular weight excluding hydrogens is 474 g/mol. The van der Waals surface area contributed by atoms with Gasteiger partial charge in [-0.15, -0.1) is 0 Å². The van der Waals surface area contributed by atoms with Gasteiger partial charge >= 0.3 is 0 Å². The molecular formula is C23H19Cl2O6P. The van der Waals surface area contributed by atoms with E-state index in [0.29, 0.717) is 0 Å². The van der Waals surface area contributed by atoms with Gasteiger partial charge in [-0.1, -0.05) is 59.6 Å². The molecule has 32 heavy (non-hydrogen) atoms. The van der Waals surface area contributed by atoms with Crippen molar-refractivity contribution in [3.63, 3.8) is 0 Å². The quantitative estimate of drug-likeness (QED) is 0.376. The summed E-state index contributed by atoms with van der Waals surface area (Å²) in [4.78, 5) is 27.7. The largest absolute Gasteiger partial charge is 0.496 e. The van der Waals surface area contributed by atoms with Crippen molar-refractivity contribution in [3.8, 4) is 17.2 Å². The fourth-order valence-corrected chi connectivity index (χ4v) is 6.29. The Morgan fingerprint density at radius 2 is 1.22 bits per heavy atom. The second kappa shape index (κ2) is 9.78. The molecule has 0 radical (unpaired) electrons. The first-order chi connectivity index (χ1) is 15.3. The lowest BCUT2D eigenvalue weighted by molar-refractivity contribution is 0.103. The van der Waals surface area contributed by atoms with Crippen molar-refractivity contribution < 1.29 is 28.4 Å². The Morgan fingerprint density at radius 3 is 1.75 bits per heavy atom. The fourth-order valence-electron chi connectivity index (χ4n) is 3.26. The summed E-state index contributed by atoms with van der Waals surface area (Å²) >= 11 is 12.5. The Morgan fingerprint density at radius 1 is 0.688 bits per heavy atom. The third-order valence-electron chi connectivity index (χ3n) is 4.81. The van der Waals surface area contributed by atoms with Crippen molar-refractivity contribution in [2.75, 3.05) is 21.3 Å². The molecule has 0 aliphatic rings. The van der Waals surface area contributed by atoms with Gasteiger partial charge in [0.1, 0.15) is 11.3 Å². The van der Waals surface area contributed by atoms with E-state index in [0.717, 1.165) is 0 Å². The van der Waals surface area contributed by atoms with Crippen molar-refractivity contribution in [2.45, 2.75) is 0 Å². The fraction of sp³-hybridized carbons (Fsp3) is 0.130. The van der Waals surface area contributed by atoms with Crippen LogP contribution in [-0.2, 0) is 4.57 Å². The summed E-state index contributed by atoms with van der Waals surface area (Å²) in [6.07, 6.45) is 0. The number of benzene rings is 3. The van der Waals surface area contributed by atoms with Crippen LogP contribution in [0.15, 0.2) is 60.7 Å². The highest BCUT2D eigenvalue weighted by atomic mass is 35.5. The molecule has 0 amide bonds. The maximum atomic E-state index is 14.5. The van der Waals surface area contributed by atoms with Crippen LogP contribution in [0.2, 0.25) is 10.0 Å². The third-order valence-corrected chi connectivity index (χ3v) is 8.06. The van der Waals surface area contributed by atoms with Gasteiger partial charge in [-0.25, -0.2) is 0 Å². The van der Waals surface area contributed by atoms with Crippen molar-refractivity contribution in [2.24, 2.45) is 0 Å². The van der Waals surface area contributed by atoms with Gasteiger partial charge < -0.3 is 18.8 Å². The van der Waals surface area contributed by atoms with E-state index in [9.17, 15) is 14.2 Å². The zero-order valence-corrected chi connectivity index (χ0v) is 19.8. The van der Waals surface area contributed by atoms with Gasteiger partial charge in [-0.05, 0) is 24.3 Å². The van der Waals surface area contributed by atoms with Gasteiger partial charge in [-0.2, -0.15) is 0 Å². The van der Waals surface area contributed by atoms with Gasteiger partial charge in [0.05, 0.1) is 36.9 Å². The summed E-state index contributed by atoms with van der Waals surface area (Å²) in [7, 11) is -0.458. The zero-order chi connectivity index (χ0) is 23.5. The van der Waals surface area contributed by atoms with Gasteiger partial charge in [-0.3, -0.25) is 9.59 Å². The van der Waals surface area contributed by atoms with Gasteiger partial charge in [0.2, 0.25) is 18.2 Å². The van der Waals surface area contributed by atoms with Crippen molar-refractivity contribution in [1.29, 1.82) is 0 Å². The lowest BCUT2D eigenvalue weighted by Crippen LogP contribution is -2.22. The predicted octanol–water partition coefficient (Wildman–Crippen LogP) is 5.69. The molecule has 166 valence electrons. The molecule has 0 aliphatic carbocycles. The molecule has 0 aliphatic heterocycles. The number of hydrogen-bond donors (Lipinski definition) is 0. The minimum absolute atomic E-state index is 0.00828. The van der Waals surface area contributed by atoms with Crippen LogP contribution in [0.4, 0.5) is 0 Å². The van der Waals surface area contributed by atoms with Gasteiger partial charge in [0, 0.05) is 5.30 Å². The van der Waals surface area contributed by atoms with Crippen LogP contribution in [0.25, 0.3) is 0 Å². The van der Waals surface area contributed by atoms with Crippen molar-refractivity contribution in [1.82, 2.24) is 0 Å². The van der Waals surface area contributed by atoms with Crippen LogP contribution in [0.1, 0.15) is 20.7 Å². The SMILES string of the molecule is COc1ccc(OC)c(C(=O)P(=O)(C(=O)c2c(Cl)cccc2Cl)c2ccccc2)c1OC. The third kappa shape index (κ3) is 4.02. The number of carbonyl (C=O) groups excluding carboxylic acids is 2. The molecule has 0 aromatic heterocycles. The highest BCUT2D eigenvalue weighted by molar-refractivity contribution is 8.01. The Bertz CT molecular complexity index is 1210. The van der Waals surface area contributed by atoms with Crippen LogP contribution in [0, 0.1) is 0 Å². The monoisotopic (exact) mass is 492 g/mol. The first-order valence-corrected chi connectivity index (χ1v) is 11.8. The maximum Gasteiger partial charge on any atom is 0.249 e. The first-order valence-electron chi connectivity index (χ1n) is 9.29. The van der Waals surface area contributed by atoms with E-state index in [1.807, 2.05) is 0 Å². The Kier molecular flexibility index (Phi) is 7.29.